The summed E-state index contributed by atoms with van der Waals surface area (Å²) in [6.07, 6.45) is 0.0734. The molecule has 3 nitrogen and oxygen atoms in total. The molecule has 1 aliphatic heterocycles. The Balaban J connectivity index is 0.000000606. The number of hydrogen-bond acceptors (Lipinski definition) is 2. The van der Waals surface area contributed by atoms with E-state index in [1.165, 1.54) is 0 Å². The average Bonchev–Trinajstić information content (AvgIpc) is 2.33. The van der Waals surface area contributed by atoms with Crippen LogP contribution in [0.2, 0.25) is 0 Å². The number of hydrogen-bond donors (Lipinski definition) is 1. The summed E-state index contributed by atoms with van der Waals surface area (Å²) >= 11 is 5.57. The van der Waals surface area contributed by atoms with E-state index in [1.807, 2.05) is 38.1 Å². The van der Waals surface area contributed by atoms with E-state index in [0.717, 1.165) is 5.69 Å². The van der Waals surface area contributed by atoms with Crippen molar-refractivity contribution in [3.05, 3.63) is 24.3 Å². The molecule has 2 rings (SSSR count). The van der Waals surface area contributed by atoms with E-state index in [1.54, 1.807) is 0 Å². The molecule has 1 aromatic carbocycles. The Morgan fingerprint density at radius 2 is 2.06 bits per heavy atom. The summed E-state index contributed by atoms with van der Waals surface area (Å²) in [4.78, 5) is 11.5. The highest BCUT2D eigenvalue weighted by atomic mass is 35.5. The molecule has 0 aromatic heterocycles. The van der Waals surface area contributed by atoms with Gasteiger partial charge in [-0.05, 0) is 12.1 Å². The molecule has 16 heavy (non-hydrogen) atoms. The number of carbonyl (C=O) groups excluding carboxylic acids is 1. The minimum Gasteiger partial charge on any atom is -0.478 e. The van der Waals surface area contributed by atoms with E-state index in [2.05, 4.69) is 5.32 Å². The minimum absolute atomic E-state index is 0.121. The molecule has 1 unspecified atom stereocenters. The molecule has 0 spiro atoms. The number of amides is 1. The second-order valence-electron chi connectivity index (χ2n) is 3.07. The molecule has 0 bridgehead atoms. The zero-order valence-electron chi connectivity index (χ0n) is 9.50. The summed E-state index contributed by atoms with van der Waals surface area (Å²) in [5, 5.41) is 2.77. The minimum atomic E-state index is -0.456. The van der Waals surface area contributed by atoms with Gasteiger partial charge in [0, 0.05) is 12.3 Å². The van der Waals surface area contributed by atoms with E-state index in [-0.39, 0.29) is 5.91 Å². The molecule has 0 radical (unpaired) electrons. The van der Waals surface area contributed by atoms with Gasteiger partial charge >= 0.3 is 0 Å². The number of para-hydroxylation sites is 2. The number of anilines is 1. The fraction of sp³-hybridized carbons (Fsp3) is 0.417. The Hall–Kier alpha value is -1.22. The summed E-state index contributed by atoms with van der Waals surface area (Å²) in [5.74, 6) is 1.01. The SMILES string of the molecule is CC.O=C1Nc2ccccc2OC1CCCl. The first-order valence-electron chi connectivity index (χ1n) is 5.44. The predicted octanol–water partition coefficient (Wildman–Crippen LogP) is 3.04. The van der Waals surface area contributed by atoms with Crippen molar-refractivity contribution < 1.29 is 9.53 Å². The maximum Gasteiger partial charge on any atom is 0.265 e. The zero-order valence-corrected chi connectivity index (χ0v) is 10.3. The maximum atomic E-state index is 11.5. The van der Waals surface area contributed by atoms with E-state index < -0.39 is 6.10 Å². The van der Waals surface area contributed by atoms with Crippen molar-refractivity contribution in [2.45, 2.75) is 26.4 Å². The largest absolute Gasteiger partial charge is 0.478 e. The number of alkyl halides is 1. The smallest absolute Gasteiger partial charge is 0.265 e. The van der Waals surface area contributed by atoms with Crippen molar-refractivity contribution in [2.24, 2.45) is 0 Å². The van der Waals surface area contributed by atoms with Gasteiger partial charge < -0.3 is 10.1 Å². The summed E-state index contributed by atoms with van der Waals surface area (Å²) in [7, 11) is 0. The van der Waals surface area contributed by atoms with Crippen LogP contribution < -0.4 is 10.1 Å². The van der Waals surface area contributed by atoms with Crippen LogP contribution in [-0.2, 0) is 4.79 Å². The van der Waals surface area contributed by atoms with Crippen LogP contribution in [0.15, 0.2) is 24.3 Å². The summed E-state index contributed by atoms with van der Waals surface area (Å²) in [6, 6.07) is 7.36. The van der Waals surface area contributed by atoms with Crippen LogP contribution in [0.4, 0.5) is 5.69 Å². The number of ether oxygens (including phenoxy) is 1. The number of nitrogens with one attached hydrogen (secondary N) is 1. The molecular formula is C12H16ClNO2. The molecule has 1 N–H and O–H groups in total. The molecule has 1 amide bonds. The van der Waals surface area contributed by atoms with Crippen molar-refractivity contribution in [2.75, 3.05) is 11.2 Å². The lowest BCUT2D eigenvalue weighted by molar-refractivity contribution is -0.123. The van der Waals surface area contributed by atoms with Gasteiger partial charge in [0.05, 0.1) is 5.69 Å². The molecule has 1 heterocycles. The van der Waals surface area contributed by atoms with Crippen molar-refractivity contribution in [3.63, 3.8) is 0 Å². The van der Waals surface area contributed by atoms with Gasteiger partial charge in [-0.15, -0.1) is 11.6 Å². The van der Waals surface area contributed by atoms with Crippen LogP contribution >= 0.6 is 11.6 Å². The fourth-order valence-electron chi connectivity index (χ4n) is 1.38. The van der Waals surface area contributed by atoms with Crippen LogP contribution in [0.25, 0.3) is 0 Å². The number of halogens is 1. The molecule has 0 fully saturated rings. The van der Waals surface area contributed by atoms with E-state index in [9.17, 15) is 4.79 Å². The van der Waals surface area contributed by atoms with Gasteiger partial charge in [0.2, 0.25) is 0 Å². The molecule has 0 aliphatic carbocycles. The topological polar surface area (TPSA) is 38.3 Å². The molecule has 1 atom stereocenters. The molecule has 0 saturated carbocycles. The maximum absolute atomic E-state index is 11.5. The van der Waals surface area contributed by atoms with Crippen LogP contribution in [-0.4, -0.2) is 17.9 Å². The highest BCUT2D eigenvalue weighted by molar-refractivity contribution is 6.18. The Labute approximate surface area is 101 Å². The third-order valence-corrected chi connectivity index (χ3v) is 2.30. The van der Waals surface area contributed by atoms with E-state index in [0.29, 0.717) is 18.1 Å². The second kappa shape index (κ2) is 6.38. The van der Waals surface area contributed by atoms with Gasteiger partial charge in [-0.3, -0.25) is 4.79 Å². The van der Waals surface area contributed by atoms with Crippen molar-refractivity contribution in [1.82, 2.24) is 0 Å². The lowest BCUT2D eigenvalue weighted by Gasteiger charge is -2.25. The monoisotopic (exact) mass is 241 g/mol. The van der Waals surface area contributed by atoms with Crippen LogP contribution in [0.1, 0.15) is 20.3 Å². The first-order valence-corrected chi connectivity index (χ1v) is 5.97. The van der Waals surface area contributed by atoms with Crippen LogP contribution in [0.3, 0.4) is 0 Å². The highest BCUT2D eigenvalue weighted by Crippen LogP contribution is 2.29. The van der Waals surface area contributed by atoms with Crippen molar-refractivity contribution in [3.8, 4) is 5.75 Å². The summed E-state index contributed by atoms with van der Waals surface area (Å²) in [6.45, 7) is 4.00. The highest BCUT2D eigenvalue weighted by Gasteiger charge is 2.26. The lowest BCUT2D eigenvalue weighted by Crippen LogP contribution is -2.37. The third kappa shape index (κ3) is 2.89. The van der Waals surface area contributed by atoms with Crippen LogP contribution in [0.5, 0.6) is 5.75 Å². The third-order valence-electron chi connectivity index (χ3n) is 2.08. The molecule has 88 valence electrons. The number of fused-ring (bicyclic) bond motifs is 1. The lowest BCUT2D eigenvalue weighted by atomic mass is 10.2. The van der Waals surface area contributed by atoms with Gasteiger partial charge in [-0.2, -0.15) is 0 Å². The quantitative estimate of drug-likeness (QED) is 0.809. The Morgan fingerprint density at radius 1 is 1.38 bits per heavy atom. The molecule has 1 aromatic rings. The van der Waals surface area contributed by atoms with Crippen LogP contribution in [0, 0.1) is 0 Å². The summed E-state index contributed by atoms with van der Waals surface area (Å²) in [5.41, 5.74) is 0.725. The number of rotatable bonds is 2. The Kier molecular flexibility index (Phi) is 5.12. The Bertz CT molecular complexity index is 355. The predicted molar refractivity (Wildman–Crippen MR) is 66.2 cm³/mol. The zero-order chi connectivity index (χ0) is 12.0. The molecule has 1 aliphatic rings. The van der Waals surface area contributed by atoms with Gasteiger partial charge in [0.1, 0.15) is 5.75 Å². The van der Waals surface area contributed by atoms with Crippen molar-refractivity contribution in [1.29, 1.82) is 0 Å². The van der Waals surface area contributed by atoms with Crippen molar-refractivity contribution >= 4 is 23.2 Å². The van der Waals surface area contributed by atoms with Gasteiger partial charge in [0.25, 0.3) is 5.91 Å². The van der Waals surface area contributed by atoms with Gasteiger partial charge in [-0.25, -0.2) is 0 Å². The first kappa shape index (κ1) is 12.8. The normalized spacial score (nSPS) is 17.4. The fourth-order valence-corrected chi connectivity index (χ4v) is 1.58. The van der Waals surface area contributed by atoms with Gasteiger partial charge in [-0.1, -0.05) is 26.0 Å². The van der Waals surface area contributed by atoms with E-state index >= 15 is 0 Å². The number of benzene rings is 1. The second-order valence-corrected chi connectivity index (χ2v) is 3.45. The average molecular weight is 242 g/mol. The van der Waals surface area contributed by atoms with E-state index in [4.69, 9.17) is 16.3 Å². The first-order chi connectivity index (χ1) is 7.81. The number of carbonyl (C=O) groups is 1. The molecule has 0 saturated heterocycles. The molecular weight excluding hydrogens is 226 g/mol. The summed E-state index contributed by atoms with van der Waals surface area (Å²) < 4.78 is 5.49. The standard InChI is InChI=1S/C10H10ClNO2.C2H6/c11-6-5-9-10(13)12-7-3-1-2-4-8(7)14-9;1-2/h1-4,9H,5-6H2,(H,12,13);1-2H3. The Morgan fingerprint density at radius 3 is 2.75 bits per heavy atom. The van der Waals surface area contributed by atoms with Gasteiger partial charge in [0.15, 0.2) is 6.10 Å². The molecule has 4 heteroatoms.